The molecule has 0 bridgehead atoms. The number of amides is 3. The van der Waals surface area contributed by atoms with Crippen LogP contribution in [-0.4, -0.2) is 40.0 Å². The van der Waals surface area contributed by atoms with Gasteiger partial charge >= 0.3 is 0 Å². The zero-order valence-corrected chi connectivity index (χ0v) is 20.2. The minimum atomic E-state index is -0.615. The van der Waals surface area contributed by atoms with Crippen LogP contribution in [0.25, 0.3) is 17.4 Å². The first-order valence-electron chi connectivity index (χ1n) is 10.9. The van der Waals surface area contributed by atoms with Crippen molar-refractivity contribution in [1.82, 2.24) is 4.90 Å². The van der Waals surface area contributed by atoms with Gasteiger partial charge in [0.2, 0.25) is 5.91 Å². The van der Waals surface area contributed by atoms with Crippen LogP contribution in [0.15, 0.2) is 63.9 Å². The monoisotopic (exact) mass is 507 g/mol. The third-order valence-corrected chi connectivity index (χ3v) is 6.12. The van der Waals surface area contributed by atoms with Crippen molar-refractivity contribution in [1.29, 1.82) is 0 Å². The average molecular weight is 508 g/mol. The maximum Gasteiger partial charge on any atom is 0.294 e. The first kappa shape index (κ1) is 24.7. The molecule has 0 radical (unpaired) electrons. The van der Waals surface area contributed by atoms with E-state index in [0.717, 1.165) is 4.90 Å². The molecular weight excluding hydrogens is 486 g/mol. The van der Waals surface area contributed by atoms with Gasteiger partial charge in [0.1, 0.15) is 23.8 Å². The van der Waals surface area contributed by atoms with Gasteiger partial charge in [-0.05, 0) is 62.0 Å². The molecule has 0 spiro atoms. The standard InChI is InChI=1S/C25H21N3O7S/c1-3-34-18-8-6-17(7-9-18)26-23(29)14-27-24(30)22(36-25(27)31)13-19-10-11-21(35-19)16-5-4-15(2)20(12-16)28(32)33/h4-13H,3,14H2,1-2H3,(H,26,29)/b22-13+. The molecule has 11 heteroatoms. The third kappa shape index (κ3) is 5.47. The SMILES string of the molecule is CCOc1ccc(NC(=O)CN2C(=O)S/C(=C/c3ccc(-c4ccc(C)c([N+](=O)[O-])c4)o3)C2=O)cc1. The minimum absolute atomic E-state index is 0.0323. The van der Waals surface area contributed by atoms with E-state index >= 15 is 0 Å². The number of nitrogens with one attached hydrogen (secondary N) is 1. The van der Waals surface area contributed by atoms with E-state index in [0.29, 0.717) is 46.7 Å². The van der Waals surface area contributed by atoms with Gasteiger partial charge in [0.25, 0.3) is 16.8 Å². The van der Waals surface area contributed by atoms with Crippen LogP contribution in [0.1, 0.15) is 18.2 Å². The van der Waals surface area contributed by atoms with E-state index in [-0.39, 0.29) is 16.4 Å². The van der Waals surface area contributed by atoms with E-state index in [4.69, 9.17) is 9.15 Å². The van der Waals surface area contributed by atoms with Crippen LogP contribution < -0.4 is 10.1 Å². The van der Waals surface area contributed by atoms with E-state index in [2.05, 4.69) is 5.32 Å². The average Bonchev–Trinajstić information content (AvgIpc) is 3.41. The van der Waals surface area contributed by atoms with Crippen molar-refractivity contribution in [2.24, 2.45) is 0 Å². The number of rotatable bonds is 8. The summed E-state index contributed by atoms with van der Waals surface area (Å²) in [6.07, 6.45) is 1.40. The highest BCUT2D eigenvalue weighted by Gasteiger charge is 2.36. The molecule has 4 rings (SSSR count). The molecule has 0 atom stereocenters. The number of hydrogen-bond acceptors (Lipinski definition) is 8. The molecule has 1 aliphatic heterocycles. The molecule has 1 aromatic heterocycles. The van der Waals surface area contributed by atoms with Crippen molar-refractivity contribution in [3.63, 3.8) is 0 Å². The van der Waals surface area contributed by atoms with Gasteiger partial charge in [0, 0.05) is 29.0 Å². The first-order valence-corrected chi connectivity index (χ1v) is 11.7. The smallest absolute Gasteiger partial charge is 0.294 e. The third-order valence-electron chi connectivity index (χ3n) is 5.21. The van der Waals surface area contributed by atoms with E-state index in [9.17, 15) is 24.5 Å². The van der Waals surface area contributed by atoms with Crippen LogP contribution in [0.5, 0.6) is 5.75 Å². The summed E-state index contributed by atoms with van der Waals surface area (Å²) in [5.74, 6) is 0.184. The molecule has 1 aliphatic rings. The maximum atomic E-state index is 12.8. The highest BCUT2D eigenvalue weighted by atomic mass is 32.2. The van der Waals surface area contributed by atoms with Crippen molar-refractivity contribution in [3.8, 4) is 17.1 Å². The molecule has 2 heterocycles. The van der Waals surface area contributed by atoms with E-state index in [1.807, 2.05) is 6.92 Å². The van der Waals surface area contributed by atoms with Gasteiger partial charge in [0.15, 0.2) is 0 Å². The number of nitro groups is 1. The number of ether oxygens (including phenoxy) is 1. The van der Waals surface area contributed by atoms with Gasteiger partial charge in [-0.1, -0.05) is 12.1 Å². The van der Waals surface area contributed by atoms with E-state index in [1.165, 1.54) is 12.1 Å². The topological polar surface area (TPSA) is 132 Å². The van der Waals surface area contributed by atoms with Crippen molar-refractivity contribution in [2.75, 3.05) is 18.5 Å². The molecule has 3 amide bonds. The molecule has 0 aliphatic carbocycles. The Balaban J connectivity index is 1.43. The number of nitrogens with zero attached hydrogens (tertiary/aromatic N) is 2. The Morgan fingerprint density at radius 1 is 1.17 bits per heavy atom. The summed E-state index contributed by atoms with van der Waals surface area (Å²) < 4.78 is 11.1. The molecule has 0 saturated carbocycles. The van der Waals surface area contributed by atoms with Gasteiger partial charge in [-0.2, -0.15) is 0 Å². The van der Waals surface area contributed by atoms with Crippen LogP contribution >= 0.6 is 11.8 Å². The van der Waals surface area contributed by atoms with Crippen LogP contribution in [0.3, 0.4) is 0 Å². The Morgan fingerprint density at radius 2 is 1.92 bits per heavy atom. The van der Waals surface area contributed by atoms with Crippen LogP contribution in [0, 0.1) is 17.0 Å². The predicted molar refractivity (Wildman–Crippen MR) is 134 cm³/mol. The van der Waals surface area contributed by atoms with Crippen molar-refractivity contribution >= 4 is 46.3 Å². The summed E-state index contributed by atoms with van der Waals surface area (Å²) in [5.41, 5.74) is 1.50. The molecule has 10 nitrogen and oxygen atoms in total. The first-order chi connectivity index (χ1) is 17.2. The fraction of sp³-hybridized carbons (Fsp3) is 0.160. The summed E-state index contributed by atoms with van der Waals surface area (Å²) in [4.78, 5) is 49.3. The van der Waals surface area contributed by atoms with Crippen LogP contribution in [-0.2, 0) is 9.59 Å². The number of aryl methyl sites for hydroxylation is 1. The van der Waals surface area contributed by atoms with Crippen LogP contribution in [0.2, 0.25) is 0 Å². The maximum absolute atomic E-state index is 12.8. The van der Waals surface area contributed by atoms with Crippen molar-refractivity contribution in [2.45, 2.75) is 13.8 Å². The number of nitro benzene ring substituents is 1. The second kappa shape index (κ2) is 10.5. The van der Waals surface area contributed by atoms with E-state index < -0.39 is 28.5 Å². The molecule has 184 valence electrons. The van der Waals surface area contributed by atoms with Gasteiger partial charge in [0.05, 0.1) is 16.4 Å². The highest BCUT2D eigenvalue weighted by molar-refractivity contribution is 8.18. The van der Waals surface area contributed by atoms with Crippen LogP contribution in [0.4, 0.5) is 16.2 Å². The number of carbonyl (C=O) groups excluding carboxylic acids is 3. The fourth-order valence-corrected chi connectivity index (χ4v) is 4.27. The molecule has 1 fully saturated rings. The Kier molecular flexibility index (Phi) is 7.20. The van der Waals surface area contributed by atoms with Crippen molar-refractivity contribution < 1.29 is 28.5 Å². The Morgan fingerprint density at radius 3 is 2.61 bits per heavy atom. The lowest BCUT2D eigenvalue weighted by atomic mass is 10.1. The Labute approximate surface area is 210 Å². The quantitative estimate of drug-likeness (QED) is 0.249. The Bertz CT molecular complexity index is 1380. The highest BCUT2D eigenvalue weighted by Crippen LogP contribution is 2.34. The molecule has 36 heavy (non-hydrogen) atoms. The summed E-state index contributed by atoms with van der Waals surface area (Å²) in [6.45, 7) is 3.59. The Hall–Kier alpha value is -4.38. The number of anilines is 1. The van der Waals surface area contributed by atoms with Gasteiger partial charge in [-0.15, -0.1) is 0 Å². The lowest BCUT2D eigenvalue weighted by molar-refractivity contribution is -0.385. The summed E-state index contributed by atoms with van der Waals surface area (Å²) in [5, 5.41) is 13.3. The lowest BCUT2D eigenvalue weighted by Crippen LogP contribution is -2.36. The summed E-state index contributed by atoms with van der Waals surface area (Å²) >= 11 is 0.698. The molecule has 1 saturated heterocycles. The number of furan rings is 1. The fourth-order valence-electron chi connectivity index (χ4n) is 3.46. The zero-order chi connectivity index (χ0) is 25.8. The molecule has 2 aromatic carbocycles. The number of thioether (sulfide) groups is 1. The second-order valence-corrected chi connectivity index (χ2v) is 8.73. The van der Waals surface area contributed by atoms with Gasteiger partial charge in [-0.25, -0.2) is 0 Å². The van der Waals surface area contributed by atoms with Gasteiger partial charge in [-0.3, -0.25) is 29.4 Å². The second-order valence-electron chi connectivity index (χ2n) is 7.73. The van der Waals surface area contributed by atoms with Crippen molar-refractivity contribution in [3.05, 3.63) is 80.9 Å². The van der Waals surface area contributed by atoms with E-state index in [1.54, 1.807) is 55.5 Å². The molecule has 1 N–H and O–H groups in total. The number of imide groups is 1. The number of benzene rings is 2. The number of hydrogen-bond donors (Lipinski definition) is 1. The molecular formula is C25H21N3O7S. The normalized spacial score (nSPS) is 14.4. The van der Waals surface area contributed by atoms with Gasteiger partial charge < -0.3 is 14.5 Å². The largest absolute Gasteiger partial charge is 0.494 e. The molecule has 0 unspecified atom stereocenters. The zero-order valence-electron chi connectivity index (χ0n) is 19.3. The lowest BCUT2D eigenvalue weighted by Gasteiger charge is -2.12. The summed E-state index contributed by atoms with van der Waals surface area (Å²) in [6, 6.07) is 14.7. The summed E-state index contributed by atoms with van der Waals surface area (Å²) in [7, 11) is 0. The minimum Gasteiger partial charge on any atom is -0.494 e. The predicted octanol–water partition coefficient (Wildman–Crippen LogP) is 5.24. The number of carbonyl (C=O) groups is 3. The molecule has 3 aromatic rings.